The Labute approximate surface area is 115 Å². The molecule has 0 radical (unpaired) electrons. The maximum atomic E-state index is 10.6. The van der Waals surface area contributed by atoms with Crippen molar-refractivity contribution < 1.29 is 27.1 Å². The van der Waals surface area contributed by atoms with Gasteiger partial charge in [-0.3, -0.25) is 9.35 Å². The minimum absolute atomic E-state index is 0.319. The molecule has 0 heterocycles. The third kappa shape index (κ3) is 13.6. The Morgan fingerprint density at radius 3 is 2.11 bits per heavy atom. The molecule has 0 aromatic heterocycles. The van der Waals surface area contributed by atoms with Gasteiger partial charge in [0.1, 0.15) is 0 Å². The second kappa shape index (κ2) is 10.2. The summed E-state index contributed by atoms with van der Waals surface area (Å²) in [5, 5.41) is 8.62. The predicted octanol–water partition coefficient (Wildman–Crippen LogP) is 2.79. The third-order valence-electron chi connectivity index (χ3n) is 2.79. The Kier molecular flexibility index (Phi) is 9.81. The Morgan fingerprint density at radius 2 is 1.63 bits per heavy atom. The van der Waals surface area contributed by atoms with Gasteiger partial charge in [0.2, 0.25) is 0 Å². The van der Waals surface area contributed by atoms with Crippen molar-refractivity contribution in [2.75, 3.05) is 0 Å². The van der Waals surface area contributed by atoms with Crippen LogP contribution in [0, 0.1) is 0 Å². The van der Waals surface area contributed by atoms with Gasteiger partial charge < -0.3 is 5.11 Å². The SMILES string of the molecule is CCCCCCCCCC(CC(=O)O)OS(=O)(=O)O. The van der Waals surface area contributed by atoms with Gasteiger partial charge in [0.15, 0.2) is 0 Å². The molecule has 0 fully saturated rings. The molecule has 0 rings (SSSR count). The van der Waals surface area contributed by atoms with Gasteiger partial charge in [-0.15, -0.1) is 0 Å². The summed E-state index contributed by atoms with van der Waals surface area (Å²) >= 11 is 0. The monoisotopic (exact) mass is 296 g/mol. The number of hydrogen-bond donors (Lipinski definition) is 2. The zero-order valence-electron chi connectivity index (χ0n) is 11.4. The lowest BCUT2D eigenvalue weighted by Gasteiger charge is -2.13. The van der Waals surface area contributed by atoms with Crippen molar-refractivity contribution in [1.29, 1.82) is 0 Å². The molecule has 0 aliphatic heterocycles. The fourth-order valence-corrected chi connectivity index (χ4v) is 2.39. The van der Waals surface area contributed by atoms with E-state index in [-0.39, 0.29) is 0 Å². The van der Waals surface area contributed by atoms with Crippen LogP contribution in [0.2, 0.25) is 0 Å². The van der Waals surface area contributed by atoms with Crippen molar-refractivity contribution in [3.63, 3.8) is 0 Å². The molecule has 0 aliphatic carbocycles. The summed E-state index contributed by atoms with van der Waals surface area (Å²) in [4.78, 5) is 10.5. The molecule has 0 saturated heterocycles. The summed E-state index contributed by atoms with van der Waals surface area (Å²) in [5.41, 5.74) is 0. The Morgan fingerprint density at radius 1 is 1.11 bits per heavy atom. The van der Waals surface area contributed by atoms with Crippen LogP contribution in [0.25, 0.3) is 0 Å². The van der Waals surface area contributed by atoms with Crippen molar-refractivity contribution in [2.24, 2.45) is 0 Å². The zero-order valence-corrected chi connectivity index (χ0v) is 12.2. The molecule has 1 atom stereocenters. The van der Waals surface area contributed by atoms with E-state index in [9.17, 15) is 13.2 Å². The number of carbonyl (C=O) groups is 1. The van der Waals surface area contributed by atoms with Crippen molar-refractivity contribution in [3.8, 4) is 0 Å². The van der Waals surface area contributed by atoms with E-state index in [0.29, 0.717) is 12.8 Å². The van der Waals surface area contributed by atoms with Crippen LogP contribution < -0.4 is 0 Å². The Bertz CT molecular complexity index is 338. The lowest BCUT2D eigenvalue weighted by molar-refractivity contribution is -0.138. The maximum absolute atomic E-state index is 10.6. The first-order chi connectivity index (χ1) is 8.85. The van der Waals surface area contributed by atoms with E-state index in [1.165, 1.54) is 19.3 Å². The number of carboxylic acids is 1. The Hall–Kier alpha value is -0.660. The highest BCUT2D eigenvalue weighted by Crippen LogP contribution is 2.14. The predicted molar refractivity (Wildman–Crippen MR) is 71.3 cm³/mol. The molecule has 7 heteroatoms. The lowest BCUT2D eigenvalue weighted by atomic mass is 10.1. The van der Waals surface area contributed by atoms with Gasteiger partial charge in [0.25, 0.3) is 0 Å². The van der Waals surface area contributed by atoms with Gasteiger partial charge in [-0.2, -0.15) is 8.42 Å². The number of rotatable bonds is 12. The molecule has 19 heavy (non-hydrogen) atoms. The molecule has 6 nitrogen and oxygen atoms in total. The molecular formula is C12H24O6S. The molecule has 0 aromatic carbocycles. The normalized spacial score (nSPS) is 13.4. The van der Waals surface area contributed by atoms with Gasteiger partial charge >= 0.3 is 16.4 Å². The van der Waals surface area contributed by atoms with E-state index in [1.54, 1.807) is 0 Å². The van der Waals surface area contributed by atoms with E-state index >= 15 is 0 Å². The van der Waals surface area contributed by atoms with Gasteiger partial charge in [-0.05, 0) is 6.42 Å². The topological polar surface area (TPSA) is 101 Å². The largest absolute Gasteiger partial charge is 0.481 e. The van der Waals surface area contributed by atoms with Crippen molar-refractivity contribution in [2.45, 2.75) is 70.8 Å². The molecule has 0 bridgehead atoms. The van der Waals surface area contributed by atoms with Gasteiger partial charge in [-0.25, -0.2) is 4.18 Å². The van der Waals surface area contributed by atoms with Crippen LogP contribution in [0.3, 0.4) is 0 Å². The summed E-state index contributed by atoms with van der Waals surface area (Å²) < 4.78 is 34.0. The number of unbranched alkanes of at least 4 members (excludes halogenated alkanes) is 6. The molecule has 0 aromatic rings. The first kappa shape index (κ1) is 18.3. The minimum atomic E-state index is -4.59. The van der Waals surface area contributed by atoms with Crippen LogP contribution in [-0.2, 0) is 19.4 Å². The zero-order chi connectivity index (χ0) is 14.7. The van der Waals surface area contributed by atoms with E-state index in [1.807, 2.05) is 0 Å². The second-order valence-electron chi connectivity index (χ2n) is 4.65. The molecular weight excluding hydrogens is 272 g/mol. The standard InChI is InChI=1S/C12H24O6S/c1-2-3-4-5-6-7-8-9-11(10-12(13)14)18-19(15,16)17/h11H,2-10H2,1H3,(H,13,14)(H,15,16,17). The van der Waals surface area contributed by atoms with Crippen LogP contribution in [0.5, 0.6) is 0 Å². The average molecular weight is 296 g/mol. The van der Waals surface area contributed by atoms with Crippen LogP contribution in [0.15, 0.2) is 0 Å². The van der Waals surface area contributed by atoms with Gasteiger partial charge in [-0.1, -0.05) is 51.9 Å². The van der Waals surface area contributed by atoms with Crippen molar-refractivity contribution in [1.82, 2.24) is 0 Å². The van der Waals surface area contributed by atoms with E-state index in [4.69, 9.17) is 9.66 Å². The summed E-state index contributed by atoms with van der Waals surface area (Å²) in [6, 6.07) is 0. The number of hydrogen-bond acceptors (Lipinski definition) is 4. The van der Waals surface area contributed by atoms with Crippen molar-refractivity contribution >= 4 is 16.4 Å². The molecule has 0 spiro atoms. The maximum Gasteiger partial charge on any atom is 0.397 e. The van der Waals surface area contributed by atoms with E-state index in [0.717, 1.165) is 19.3 Å². The third-order valence-corrected chi connectivity index (χ3v) is 3.30. The van der Waals surface area contributed by atoms with Crippen LogP contribution in [0.1, 0.15) is 64.7 Å². The molecule has 0 saturated carbocycles. The highest BCUT2D eigenvalue weighted by Gasteiger charge is 2.19. The molecule has 0 aliphatic rings. The fraction of sp³-hybridized carbons (Fsp3) is 0.917. The van der Waals surface area contributed by atoms with Crippen molar-refractivity contribution in [3.05, 3.63) is 0 Å². The second-order valence-corrected chi connectivity index (χ2v) is 5.70. The lowest BCUT2D eigenvalue weighted by Crippen LogP contribution is -2.21. The Balaban J connectivity index is 3.83. The highest BCUT2D eigenvalue weighted by molar-refractivity contribution is 7.80. The van der Waals surface area contributed by atoms with E-state index < -0.39 is 28.9 Å². The summed E-state index contributed by atoms with van der Waals surface area (Å²) in [6.45, 7) is 2.14. The van der Waals surface area contributed by atoms with Gasteiger partial charge in [0.05, 0.1) is 12.5 Å². The summed E-state index contributed by atoms with van der Waals surface area (Å²) in [7, 11) is -4.59. The van der Waals surface area contributed by atoms with Crippen LogP contribution in [0.4, 0.5) is 0 Å². The number of carboxylic acid groups (broad SMARTS) is 1. The average Bonchev–Trinajstić information content (AvgIpc) is 2.24. The van der Waals surface area contributed by atoms with Gasteiger partial charge in [0, 0.05) is 0 Å². The number of aliphatic carboxylic acids is 1. The minimum Gasteiger partial charge on any atom is -0.481 e. The first-order valence-electron chi connectivity index (χ1n) is 6.72. The smallest absolute Gasteiger partial charge is 0.397 e. The molecule has 2 N–H and O–H groups in total. The van der Waals surface area contributed by atoms with Crippen LogP contribution >= 0.6 is 0 Å². The summed E-state index contributed by atoms with van der Waals surface area (Å²) in [5.74, 6) is -1.14. The quantitative estimate of drug-likeness (QED) is 0.424. The fourth-order valence-electron chi connectivity index (χ4n) is 1.88. The molecule has 0 amide bonds. The molecule has 114 valence electrons. The molecule has 1 unspecified atom stereocenters. The van der Waals surface area contributed by atoms with E-state index in [2.05, 4.69) is 11.1 Å². The summed E-state index contributed by atoms with van der Waals surface area (Å²) in [6.07, 6.45) is 6.29. The van der Waals surface area contributed by atoms with Crippen LogP contribution in [-0.4, -0.2) is 30.2 Å². The highest BCUT2D eigenvalue weighted by atomic mass is 32.3. The first-order valence-corrected chi connectivity index (χ1v) is 8.09.